The van der Waals surface area contributed by atoms with Gasteiger partial charge in [0.25, 0.3) is 17.7 Å². The van der Waals surface area contributed by atoms with Crippen molar-refractivity contribution in [1.82, 2.24) is 4.90 Å². The van der Waals surface area contributed by atoms with Crippen LogP contribution < -0.4 is 5.32 Å². The molecule has 1 N–H and O–H groups in total. The number of imide groups is 1. The zero-order valence-corrected chi connectivity index (χ0v) is 17.3. The Morgan fingerprint density at radius 2 is 1.61 bits per heavy atom. The molecule has 0 aromatic heterocycles. The molecule has 8 heteroatoms. The van der Waals surface area contributed by atoms with E-state index in [0.717, 1.165) is 4.90 Å². The molecule has 2 aromatic rings. The Balaban J connectivity index is 1.74. The largest absolute Gasteiger partial charge is 0.451 e. The zero-order valence-electron chi connectivity index (χ0n) is 17.3. The molecule has 3 rings (SSSR count). The summed E-state index contributed by atoms with van der Waals surface area (Å²) >= 11 is 0. The maximum Gasteiger partial charge on any atom is 0.330 e. The number of nitriles is 1. The molecule has 31 heavy (non-hydrogen) atoms. The van der Waals surface area contributed by atoms with Crippen LogP contribution in [0.15, 0.2) is 48.5 Å². The number of anilines is 1. The minimum atomic E-state index is -1.19. The number of hydrogen-bond acceptors (Lipinski definition) is 6. The fourth-order valence-electron chi connectivity index (χ4n) is 3.34. The third kappa shape index (κ3) is 4.31. The summed E-state index contributed by atoms with van der Waals surface area (Å²) in [6.07, 6.45) is -1.19. The van der Waals surface area contributed by atoms with Gasteiger partial charge in [-0.2, -0.15) is 5.26 Å². The first-order valence-corrected chi connectivity index (χ1v) is 9.73. The van der Waals surface area contributed by atoms with Crippen LogP contribution in [0.5, 0.6) is 0 Å². The number of amides is 3. The molecule has 158 valence electrons. The Hall–Kier alpha value is -3.99. The smallest absolute Gasteiger partial charge is 0.330 e. The van der Waals surface area contributed by atoms with E-state index in [2.05, 4.69) is 5.32 Å². The van der Waals surface area contributed by atoms with Crippen LogP contribution in [0.2, 0.25) is 0 Å². The maximum absolute atomic E-state index is 12.9. The van der Waals surface area contributed by atoms with Crippen LogP contribution in [-0.4, -0.2) is 40.7 Å². The summed E-state index contributed by atoms with van der Waals surface area (Å²) in [4.78, 5) is 51.8. The number of esters is 1. The van der Waals surface area contributed by atoms with E-state index in [4.69, 9.17) is 10.00 Å². The molecular formula is C23H21N3O5. The standard InChI is InChI=1S/C23H21N3O5/c1-13(2)19(26-21(28)17-9-4-5-10-18(17)22(26)29)23(30)31-14(3)20(27)25-16-8-6-7-15(11-16)12-24/h4-11,13-14,19H,1-3H3,(H,25,27)/t14-,19-/m0/s1. The van der Waals surface area contributed by atoms with Crippen LogP contribution in [0.3, 0.4) is 0 Å². The van der Waals surface area contributed by atoms with Crippen LogP contribution in [-0.2, 0) is 14.3 Å². The second-order valence-corrected chi connectivity index (χ2v) is 7.48. The molecule has 1 heterocycles. The number of hydrogen-bond donors (Lipinski definition) is 1. The molecule has 3 amide bonds. The molecule has 0 radical (unpaired) electrons. The summed E-state index contributed by atoms with van der Waals surface area (Å²) in [6, 6.07) is 13.4. The van der Waals surface area contributed by atoms with Gasteiger partial charge in [-0.15, -0.1) is 0 Å². The first-order valence-electron chi connectivity index (χ1n) is 9.73. The lowest BCUT2D eigenvalue weighted by Crippen LogP contribution is -2.50. The van der Waals surface area contributed by atoms with E-state index in [0.29, 0.717) is 11.3 Å². The summed E-state index contributed by atoms with van der Waals surface area (Å²) in [7, 11) is 0. The Morgan fingerprint density at radius 1 is 1.00 bits per heavy atom. The van der Waals surface area contributed by atoms with Crippen molar-refractivity contribution >= 4 is 29.4 Å². The molecule has 0 fully saturated rings. The minimum absolute atomic E-state index is 0.231. The number of carbonyl (C=O) groups is 4. The van der Waals surface area contributed by atoms with Gasteiger partial charge in [-0.1, -0.05) is 32.0 Å². The molecule has 0 aliphatic carbocycles. The number of fused-ring (bicyclic) bond motifs is 1. The molecule has 0 unspecified atom stereocenters. The number of benzene rings is 2. The molecule has 0 saturated carbocycles. The number of ether oxygens (including phenoxy) is 1. The lowest BCUT2D eigenvalue weighted by Gasteiger charge is -2.28. The van der Waals surface area contributed by atoms with E-state index >= 15 is 0 Å². The van der Waals surface area contributed by atoms with E-state index in [-0.39, 0.29) is 11.1 Å². The molecule has 0 saturated heterocycles. The molecule has 0 spiro atoms. The fraction of sp³-hybridized carbons (Fsp3) is 0.261. The third-order valence-corrected chi connectivity index (χ3v) is 4.90. The van der Waals surface area contributed by atoms with Crippen molar-refractivity contribution in [2.45, 2.75) is 32.9 Å². The second kappa shape index (κ2) is 8.79. The number of rotatable bonds is 6. The molecule has 2 atom stereocenters. The summed E-state index contributed by atoms with van der Waals surface area (Å²) < 4.78 is 5.31. The third-order valence-electron chi connectivity index (χ3n) is 4.90. The molecule has 1 aliphatic rings. The predicted molar refractivity (Wildman–Crippen MR) is 111 cm³/mol. The minimum Gasteiger partial charge on any atom is -0.451 e. The van der Waals surface area contributed by atoms with Gasteiger partial charge in [0.05, 0.1) is 22.8 Å². The number of nitrogens with one attached hydrogen (secondary N) is 1. The van der Waals surface area contributed by atoms with E-state index in [1.807, 2.05) is 6.07 Å². The molecular weight excluding hydrogens is 398 g/mol. The lowest BCUT2D eigenvalue weighted by atomic mass is 10.0. The second-order valence-electron chi connectivity index (χ2n) is 7.48. The molecule has 1 aliphatic heterocycles. The summed E-state index contributed by atoms with van der Waals surface area (Å²) in [5, 5.41) is 11.5. The molecule has 2 aromatic carbocycles. The van der Waals surface area contributed by atoms with Gasteiger partial charge in [-0.25, -0.2) is 4.79 Å². The summed E-state index contributed by atoms with van der Waals surface area (Å²) in [5.74, 6) is -3.02. The van der Waals surface area contributed by atoms with Crippen molar-refractivity contribution in [2.75, 3.05) is 5.32 Å². The molecule has 0 bridgehead atoms. The summed E-state index contributed by atoms with van der Waals surface area (Å²) in [5.41, 5.74) is 1.21. The SMILES string of the molecule is CC(C)[C@@H](C(=O)O[C@@H](C)C(=O)Nc1cccc(C#N)c1)N1C(=O)c2ccccc2C1=O. The van der Waals surface area contributed by atoms with E-state index in [9.17, 15) is 19.2 Å². The highest BCUT2D eigenvalue weighted by molar-refractivity contribution is 6.22. The Bertz CT molecular complexity index is 1070. The van der Waals surface area contributed by atoms with Gasteiger partial charge in [-0.3, -0.25) is 19.3 Å². The zero-order chi connectivity index (χ0) is 22.7. The van der Waals surface area contributed by atoms with E-state index in [1.165, 1.54) is 25.1 Å². The van der Waals surface area contributed by atoms with Crippen molar-refractivity contribution in [2.24, 2.45) is 5.92 Å². The van der Waals surface area contributed by atoms with Gasteiger partial charge in [0, 0.05) is 5.69 Å². The maximum atomic E-state index is 12.9. The quantitative estimate of drug-likeness (QED) is 0.568. The van der Waals surface area contributed by atoms with Crippen LogP contribution in [0.1, 0.15) is 47.1 Å². The highest BCUT2D eigenvalue weighted by atomic mass is 16.5. The predicted octanol–water partition coefficient (Wildman–Crippen LogP) is 2.75. The van der Waals surface area contributed by atoms with Crippen LogP contribution in [0.4, 0.5) is 5.69 Å². The Kier molecular flexibility index (Phi) is 6.16. The highest BCUT2D eigenvalue weighted by Crippen LogP contribution is 2.28. The van der Waals surface area contributed by atoms with Gasteiger partial charge in [-0.05, 0) is 43.2 Å². The number of nitrogens with zero attached hydrogens (tertiary/aromatic N) is 2. The first-order chi connectivity index (χ1) is 14.7. The van der Waals surface area contributed by atoms with Crippen molar-refractivity contribution in [3.8, 4) is 6.07 Å². The molecule has 8 nitrogen and oxygen atoms in total. The van der Waals surface area contributed by atoms with E-state index in [1.54, 1.807) is 44.2 Å². The van der Waals surface area contributed by atoms with Crippen LogP contribution in [0.25, 0.3) is 0 Å². The average Bonchev–Trinajstić information content (AvgIpc) is 2.99. The topological polar surface area (TPSA) is 117 Å². The monoisotopic (exact) mass is 419 g/mol. The fourth-order valence-corrected chi connectivity index (χ4v) is 3.34. The van der Waals surface area contributed by atoms with Crippen LogP contribution in [0, 0.1) is 17.2 Å². The first kappa shape index (κ1) is 21.7. The van der Waals surface area contributed by atoms with Crippen LogP contribution >= 0.6 is 0 Å². The van der Waals surface area contributed by atoms with Gasteiger partial charge in [0.15, 0.2) is 6.10 Å². The van der Waals surface area contributed by atoms with Gasteiger partial charge < -0.3 is 10.1 Å². The summed E-state index contributed by atoms with van der Waals surface area (Å²) in [6.45, 7) is 4.77. The van der Waals surface area contributed by atoms with Crippen molar-refractivity contribution < 1.29 is 23.9 Å². The van der Waals surface area contributed by atoms with E-state index < -0.39 is 41.8 Å². The van der Waals surface area contributed by atoms with Crippen molar-refractivity contribution in [3.63, 3.8) is 0 Å². The van der Waals surface area contributed by atoms with Crippen molar-refractivity contribution in [1.29, 1.82) is 5.26 Å². The highest BCUT2D eigenvalue weighted by Gasteiger charge is 2.45. The van der Waals surface area contributed by atoms with Gasteiger partial charge in [0.2, 0.25) is 0 Å². The Morgan fingerprint density at radius 3 is 2.16 bits per heavy atom. The van der Waals surface area contributed by atoms with Crippen molar-refractivity contribution in [3.05, 3.63) is 65.2 Å². The van der Waals surface area contributed by atoms with Gasteiger partial charge >= 0.3 is 5.97 Å². The lowest BCUT2D eigenvalue weighted by molar-refractivity contribution is -0.158. The normalized spacial score (nSPS) is 14.6. The Labute approximate surface area is 179 Å². The van der Waals surface area contributed by atoms with Gasteiger partial charge in [0.1, 0.15) is 6.04 Å². The number of carbonyl (C=O) groups excluding carboxylic acids is 4. The average molecular weight is 419 g/mol.